The molecule has 57 heavy (non-hydrogen) atoms. The minimum atomic E-state index is -4.06. The van der Waals surface area contributed by atoms with Crippen molar-refractivity contribution in [1.29, 1.82) is 0 Å². The highest BCUT2D eigenvalue weighted by molar-refractivity contribution is 7.91. The highest BCUT2D eigenvalue weighted by Gasteiger charge is 2.64. The van der Waals surface area contributed by atoms with E-state index in [9.17, 15) is 36.4 Å². The normalized spacial score (nSPS) is 29.1. The lowest BCUT2D eigenvalue weighted by molar-refractivity contribution is -0.141. The summed E-state index contributed by atoms with van der Waals surface area (Å²) < 4.78 is 74.2. The van der Waals surface area contributed by atoms with Crippen LogP contribution in [0.2, 0.25) is 0 Å². The van der Waals surface area contributed by atoms with Gasteiger partial charge in [-0.15, -0.1) is 0 Å². The fourth-order valence-electron chi connectivity index (χ4n) is 8.11. The number of carbonyl (C=O) groups is 4. The number of allylic oxidation sites excluding steroid dienone is 1. The molecule has 0 bridgehead atoms. The smallest absolute Gasteiger partial charge is 0.408 e. The molecule has 0 aromatic carbocycles. The second-order valence-electron chi connectivity index (χ2n) is 17.2. The molecule has 2 aromatic rings. The Hall–Kier alpha value is -4.61. The van der Waals surface area contributed by atoms with E-state index in [-0.39, 0.29) is 55.8 Å². The number of halogens is 2. The van der Waals surface area contributed by atoms with E-state index in [1.54, 1.807) is 27.7 Å². The van der Waals surface area contributed by atoms with E-state index < -0.39 is 85.4 Å². The summed E-state index contributed by atoms with van der Waals surface area (Å²) in [4.78, 5) is 66.3. The molecule has 1 saturated heterocycles. The quantitative estimate of drug-likeness (QED) is 0.347. The number of sulfonamides is 1. The lowest BCUT2D eigenvalue weighted by atomic mass is 9.88. The predicted octanol–water partition coefficient (Wildman–Crippen LogP) is 4.53. The maximum Gasteiger partial charge on any atom is 0.408 e. The Kier molecular flexibility index (Phi) is 10.4. The summed E-state index contributed by atoms with van der Waals surface area (Å²) in [5, 5.41) is 5.53. The van der Waals surface area contributed by atoms with Gasteiger partial charge in [0.1, 0.15) is 34.5 Å². The number of alkyl carbamates (subject to hydrolysis) is 1. The van der Waals surface area contributed by atoms with Crippen molar-refractivity contribution in [3.8, 4) is 11.6 Å². The summed E-state index contributed by atoms with van der Waals surface area (Å²) >= 11 is 0. The van der Waals surface area contributed by atoms with Crippen LogP contribution >= 0.6 is 0 Å². The summed E-state index contributed by atoms with van der Waals surface area (Å²) in [5.74, 6) is -2.70. The van der Waals surface area contributed by atoms with Gasteiger partial charge in [-0.3, -0.25) is 19.1 Å². The van der Waals surface area contributed by atoms with E-state index in [0.717, 1.165) is 6.42 Å². The fraction of sp³-hybridized carbons (Fsp3) is 0.641. The summed E-state index contributed by atoms with van der Waals surface area (Å²) in [7, 11) is -2.63. The molecule has 4 amide bonds. The number of alkyl halides is 2. The van der Waals surface area contributed by atoms with Gasteiger partial charge in [0.2, 0.25) is 27.7 Å². The van der Waals surface area contributed by atoms with Gasteiger partial charge in [0.05, 0.1) is 29.4 Å². The predicted molar refractivity (Wildman–Crippen MR) is 202 cm³/mol. The van der Waals surface area contributed by atoms with Crippen molar-refractivity contribution in [2.45, 2.75) is 138 Å². The van der Waals surface area contributed by atoms with Crippen LogP contribution in [-0.4, -0.2) is 94.3 Å². The molecule has 2 saturated carbocycles. The number of fused-ring (bicyclic) bond motifs is 5. The third-order valence-electron chi connectivity index (χ3n) is 11.7. The monoisotopic (exact) mass is 816 g/mol. The number of aryl methyl sites for hydroxylation is 1. The molecule has 1 spiro atoms. The zero-order valence-corrected chi connectivity index (χ0v) is 33.6. The summed E-state index contributed by atoms with van der Waals surface area (Å²) in [6, 6.07) is 0.621. The molecule has 3 aliphatic heterocycles. The van der Waals surface area contributed by atoms with Gasteiger partial charge in [0, 0.05) is 24.0 Å². The number of ether oxygens (including phenoxy) is 3. The summed E-state index contributed by atoms with van der Waals surface area (Å²) in [5.41, 5.74) is -3.54. The Morgan fingerprint density at radius 1 is 1.09 bits per heavy atom. The van der Waals surface area contributed by atoms with Crippen molar-refractivity contribution < 1.29 is 50.6 Å². The van der Waals surface area contributed by atoms with Crippen LogP contribution in [0.3, 0.4) is 0 Å². The first-order valence-corrected chi connectivity index (χ1v) is 21.0. The number of carbonyl (C=O) groups excluding carboxylic acids is 4. The number of hydrogen-bond acceptors (Lipinski definition) is 11. The van der Waals surface area contributed by atoms with Gasteiger partial charge in [0.15, 0.2) is 5.75 Å². The molecular weight excluding hydrogens is 767 g/mol. The lowest BCUT2D eigenvalue weighted by Crippen LogP contribution is -2.58. The minimum Gasteiger partial charge on any atom is -0.483 e. The van der Waals surface area contributed by atoms with Crippen molar-refractivity contribution in [3.05, 3.63) is 35.5 Å². The fourth-order valence-corrected chi connectivity index (χ4v) is 9.42. The zero-order chi connectivity index (χ0) is 41.1. The molecule has 2 aliphatic carbocycles. The number of amides is 4. The Morgan fingerprint density at radius 2 is 1.84 bits per heavy atom. The minimum absolute atomic E-state index is 0.124. The van der Waals surface area contributed by atoms with E-state index >= 15 is 0 Å². The van der Waals surface area contributed by atoms with Crippen LogP contribution in [0.1, 0.15) is 110 Å². The number of pyridine rings is 2. The summed E-state index contributed by atoms with van der Waals surface area (Å²) in [6.45, 7) is 6.39. The van der Waals surface area contributed by atoms with Crippen molar-refractivity contribution in [2.75, 3.05) is 13.7 Å². The Bertz CT molecular complexity index is 2120. The molecule has 1 unspecified atom stereocenters. The number of hydrogen-bond donors (Lipinski definition) is 3. The van der Waals surface area contributed by atoms with Gasteiger partial charge in [-0.1, -0.05) is 25.0 Å². The van der Waals surface area contributed by atoms with Crippen molar-refractivity contribution in [3.63, 3.8) is 0 Å². The van der Waals surface area contributed by atoms with Crippen LogP contribution < -0.4 is 24.8 Å². The molecule has 3 N–H and O–H groups in total. The Morgan fingerprint density at radius 3 is 2.53 bits per heavy atom. The van der Waals surface area contributed by atoms with Crippen LogP contribution in [0.5, 0.6) is 11.6 Å². The highest BCUT2D eigenvalue weighted by Crippen LogP contribution is 2.49. The van der Waals surface area contributed by atoms with Crippen LogP contribution in [-0.2, 0) is 35.6 Å². The van der Waals surface area contributed by atoms with Gasteiger partial charge >= 0.3 is 6.09 Å². The van der Waals surface area contributed by atoms with Crippen molar-refractivity contribution in [2.24, 2.45) is 5.92 Å². The SMILES string of the molecule is COc1ccc2nc(C(F)F)c3c(c2n1)CC[C@]1(C[C@H]2C(=O)N[C@]4(C(=O)NS(=O)(=O)C5(C)CC5)C[C@@H]4/C=C\CCCCCC(NC(=O)OC(C)(C)C)C(=O)N2C1)O3. The van der Waals surface area contributed by atoms with Crippen LogP contribution in [0, 0.1) is 5.92 Å². The molecular formula is C39H50F2N6O9S. The van der Waals surface area contributed by atoms with E-state index in [0.29, 0.717) is 43.2 Å². The Labute approximate surface area is 330 Å². The van der Waals surface area contributed by atoms with Gasteiger partial charge in [-0.05, 0) is 85.1 Å². The van der Waals surface area contributed by atoms with E-state index in [4.69, 9.17) is 14.2 Å². The lowest BCUT2D eigenvalue weighted by Gasteiger charge is -2.36. The number of rotatable bonds is 6. The third kappa shape index (κ3) is 7.97. The largest absolute Gasteiger partial charge is 0.483 e. The number of aromatic nitrogens is 2. The van der Waals surface area contributed by atoms with Gasteiger partial charge < -0.3 is 29.7 Å². The maximum atomic E-state index is 14.7. The zero-order valence-electron chi connectivity index (χ0n) is 32.8. The number of methoxy groups -OCH3 is 1. The average molecular weight is 817 g/mol. The molecule has 0 radical (unpaired) electrons. The molecule has 5 aliphatic rings. The van der Waals surface area contributed by atoms with Crippen molar-refractivity contribution in [1.82, 2.24) is 30.2 Å². The first-order chi connectivity index (χ1) is 26.8. The van der Waals surface area contributed by atoms with E-state index in [1.807, 2.05) is 12.2 Å². The van der Waals surface area contributed by atoms with E-state index in [1.165, 1.54) is 24.1 Å². The van der Waals surface area contributed by atoms with Crippen LogP contribution in [0.15, 0.2) is 24.3 Å². The second-order valence-corrected chi connectivity index (χ2v) is 19.4. The molecule has 2 aromatic heterocycles. The number of nitrogens with zero attached hydrogens (tertiary/aromatic N) is 3. The first-order valence-electron chi connectivity index (χ1n) is 19.5. The van der Waals surface area contributed by atoms with Gasteiger partial charge in [-0.2, -0.15) is 0 Å². The standard InChI is InChI=1S/C39H50F2N6O9S/c1-36(2,3)56-35(51)43-25-12-10-8-6-7-9-11-22-19-39(22,34(50)46-57(52,53)37(4)17-18-37)45-32(48)26-20-38(21-47(26)33(25)49)16-15-23-28-24(13-14-27(44-28)54-5)42-29(31(40)41)30(23)55-38/h9,11,13-14,22,25-26,31H,6-8,10,12,15-21H2,1-5H3,(H,43,51)(H,45,48)(H,46,50)/b11-9-/t22-,25?,26-,38+,39+/m0/s1. The Balaban J connectivity index is 1.26. The topological polar surface area (TPSA) is 195 Å². The molecule has 5 heterocycles. The molecule has 18 heteroatoms. The highest BCUT2D eigenvalue weighted by atomic mass is 32.2. The van der Waals surface area contributed by atoms with Gasteiger partial charge in [0.25, 0.3) is 12.3 Å². The molecule has 5 atom stereocenters. The first kappa shape index (κ1) is 40.6. The molecule has 3 fully saturated rings. The molecule has 310 valence electrons. The second kappa shape index (κ2) is 14.6. The van der Waals surface area contributed by atoms with Crippen LogP contribution in [0.25, 0.3) is 11.0 Å². The molecule has 7 rings (SSSR count). The van der Waals surface area contributed by atoms with Crippen LogP contribution in [0.4, 0.5) is 13.6 Å². The summed E-state index contributed by atoms with van der Waals surface area (Å²) in [6.07, 6.45) is 3.77. The van der Waals surface area contributed by atoms with Gasteiger partial charge in [-0.25, -0.2) is 32.0 Å². The average Bonchev–Trinajstić information content (AvgIpc) is 4.03. The third-order valence-corrected chi connectivity index (χ3v) is 13.9. The van der Waals surface area contributed by atoms with Crippen molar-refractivity contribution >= 4 is 44.9 Å². The number of nitrogens with one attached hydrogen (secondary N) is 3. The maximum absolute atomic E-state index is 14.7. The molecule has 15 nitrogen and oxygen atoms in total. The van der Waals surface area contributed by atoms with E-state index in [2.05, 4.69) is 25.3 Å².